The van der Waals surface area contributed by atoms with Gasteiger partial charge in [-0.15, -0.1) is 11.3 Å². The molecule has 0 atom stereocenters. The molecule has 40 heavy (non-hydrogen) atoms. The Morgan fingerprint density at radius 2 is 1.93 bits per heavy atom. The highest BCUT2D eigenvalue weighted by molar-refractivity contribution is 9.10. The van der Waals surface area contributed by atoms with Crippen LogP contribution in [0.25, 0.3) is 21.3 Å². The molecule has 10 nitrogen and oxygen atoms in total. The zero-order valence-corrected chi connectivity index (χ0v) is 24.3. The standard InChI is InChI=1S/C26H24BrF2N7O3S/c1-5-35-12(3)16(9-31-35)15-8-17(23(28)29)32-26-19(15)21(22(40-26)24(30)37)33-25(38)18-7-6-14(39-18)10-36-13(4)20(27)11(2)34-36/h6-9,23H,5,10H2,1-4H3,(H2,30,37)(H,33,38). The van der Waals surface area contributed by atoms with E-state index in [4.69, 9.17) is 10.2 Å². The third-order valence-corrected chi connectivity index (χ3v) is 8.79. The number of nitrogens with two attached hydrogens (primary N) is 1. The fourth-order valence-electron chi connectivity index (χ4n) is 4.50. The molecular formula is C26H24BrF2N7O3S. The molecule has 208 valence electrons. The first-order valence-corrected chi connectivity index (χ1v) is 13.8. The molecule has 0 saturated carbocycles. The molecular weight excluding hydrogens is 608 g/mol. The third-order valence-electron chi connectivity index (χ3n) is 6.54. The smallest absolute Gasteiger partial charge is 0.291 e. The van der Waals surface area contributed by atoms with Crippen molar-refractivity contribution in [2.75, 3.05) is 5.32 Å². The van der Waals surface area contributed by atoms with Gasteiger partial charge in [-0.05, 0) is 67.4 Å². The van der Waals surface area contributed by atoms with Crippen LogP contribution in [-0.2, 0) is 13.1 Å². The maximum absolute atomic E-state index is 13.8. The topological polar surface area (TPSA) is 134 Å². The van der Waals surface area contributed by atoms with Gasteiger partial charge in [-0.2, -0.15) is 10.2 Å². The largest absolute Gasteiger partial charge is 0.454 e. The number of pyridine rings is 1. The van der Waals surface area contributed by atoms with E-state index in [0.717, 1.165) is 32.9 Å². The van der Waals surface area contributed by atoms with Crippen LogP contribution in [0.3, 0.4) is 0 Å². The van der Waals surface area contributed by atoms with E-state index in [0.29, 0.717) is 35.4 Å². The Balaban J connectivity index is 1.57. The number of aryl methyl sites for hydroxylation is 2. The van der Waals surface area contributed by atoms with Crippen LogP contribution in [-0.4, -0.2) is 36.4 Å². The van der Waals surface area contributed by atoms with E-state index in [2.05, 4.69) is 36.4 Å². The maximum Gasteiger partial charge on any atom is 0.291 e. The molecule has 5 aromatic rings. The van der Waals surface area contributed by atoms with Gasteiger partial charge < -0.3 is 15.5 Å². The lowest BCUT2D eigenvalue weighted by Crippen LogP contribution is -2.16. The van der Waals surface area contributed by atoms with E-state index in [1.165, 1.54) is 12.1 Å². The highest BCUT2D eigenvalue weighted by Crippen LogP contribution is 2.43. The van der Waals surface area contributed by atoms with Crippen LogP contribution >= 0.6 is 27.3 Å². The minimum atomic E-state index is -2.86. The summed E-state index contributed by atoms with van der Waals surface area (Å²) in [4.78, 5) is 29.9. The average molecular weight is 632 g/mol. The fraction of sp³-hybridized carbons (Fsp3) is 0.269. The van der Waals surface area contributed by atoms with Crippen molar-refractivity contribution < 1.29 is 22.8 Å². The summed E-state index contributed by atoms with van der Waals surface area (Å²) in [6.45, 7) is 8.36. The highest BCUT2D eigenvalue weighted by Gasteiger charge is 2.27. The summed E-state index contributed by atoms with van der Waals surface area (Å²) in [5, 5.41) is 11.8. The minimum Gasteiger partial charge on any atom is -0.454 e. The molecule has 0 bridgehead atoms. The van der Waals surface area contributed by atoms with E-state index in [-0.39, 0.29) is 21.2 Å². The number of anilines is 1. The second-order valence-electron chi connectivity index (χ2n) is 9.07. The average Bonchev–Trinajstić information content (AvgIpc) is 3.67. The fourth-order valence-corrected chi connectivity index (χ4v) is 5.80. The SMILES string of the molecule is CCn1ncc(-c2cc(C(F)F)nc3sc(C(N)=O)c(NC(=O)c4ccc(Cn5nc(C)c(Br)c5C)o4)c23)c1C. The second kappa shape index (κ2) is 10.6. The number of fused-ring (bicyclic) bond motifs is 1. The van der Waals surface area contributed by atoms with Gasteiger partial charge in [0.25, 0.3) is 18.2 Å². The summed E-state index contributed by atoms with van der Waals surface area (Å²) < 4.78 is 37.7. The first kappa shape index (κ1) is 27.6. The number of thiophene rings is 1. The molecule has 5 rings (SSSR count). The number of rotatable bonds is 8. The van der Waals surface area contributed by atoms with Gasteiger partial charge in [0.1, 0.15) is 21.2 Å². The minimum absolute atomic E-state index is 0.0148. The molecule has 0 aromatic carbocycles. The Morgan fingerprint density at radius 1 is 1.18 bits per heavy atom. The summed E-state index contributed by atoms with van der Waals surface area (Å²) in [6.07, 6.45) is -1.29. The molecule has 5 aromatic heterocycles. The summed E-state index contributed by atoms with van der Waals surface area (Å²) >= 11 is 4.32. The van der Waals surface area contributed by atoms with E-state index < -0.39 is 23.9 Å². The van der Waals surface area contributed by atoms with Crippen molar-refractivity contribution in [2.45, 2.75) is 47.2 Å². The van der Waals surface area contributed by atoms with Gasteiger partial charge in [0.15, 0.2) is 5.76 Å². The Kier molecular flexibility index (Phi) is 7.31. The van der Waals surface area contributed by atoms with Gasteiger partial charge in [0.2, 0.25) is 0 Å². The predicted octanol–water partition coefficient (Wildman–Crippen LogP) is 5.99. The number of alkyl halides is 2. The van der Waals surface area contributed by atoms with Crippen molar-refractivity contribution in [1.29, 1.82) is 0 Å². The molecule has 0 radical (unpaired) electrons. The van der Waals surface area contributed by atoms with E-state index in [1.807, 2.05) is 27.7 Å². The predicted molar refractivity (Wildman–Crippen MR) is 150 cm³/mol. The second-order valence-corrected chi connectivity index (χ2v) is 10.9. The lowest BCUT2D eigenvalue weighted by molar-refractivity contribution is 0.0994. The van der Waals surface area contributed by atoms with Crippen LogP contribution < -0.4 is 11.1 Å². The molecule has 0 saturated heterocycles. The van der Waals surface area contributed by atoms with Gasteiger partial charge in [-0.3, -0.25) is 19.0 Å². The van der Waals surface area contributed by atoms with Crippen LogP contribution in [0.1, 0.15) is 62.1 Å². The van der Waals surface area contributed by atoms with Gasteiger partial charge in [-0.1, -0.05) is 0 Å². The van der Waals surface area contributed by atoms with Crippen LogP contribution in [0, 0.1) is 20.8 Å². The normalized spacial score (nSPS) is 11.6. The number of hydrogen-bond acceptors (Lipinski definition) is 7. The Hall–Kier alpha value is -3.91. The van der Waals surface area contributed by atoms with Crippen molar-refractivity contribution in [2.24, 2.45) is 5.73 Å². The maximum atomic E-state index is 13.8. The summed E-state index contributed by atoms with van der Waals surface area (Å²) in [6, 6.07) is 4.42. The Bertz CT molecular complexity index is 1790. The first-order valence-electron chi connectivity index (χ1n) is 12.2. The molecule has 14 heteroatoms. The molecule has 3 N–H and O–H groups in total. The zero-order chi connectivity index (χ0) is 28.9. The number of aromatic nitrogens is 5. The van der Waals surface area contributed by atoms with Crippen molar-refractivity contribution in [3.8, 4) is 11.1 Å². The van der Waals surface area contributed by atoms with Crippen LogP contribution in [0.4, 0.5) is 14.5 Å². The lowest BCUT2D eigenvalue weighted by atomic mass is 10.0. The number of nitrogens with one attached hydrogen (secondary N) is 1. The lowest BCUT2D eigenvalue weighted by Gasteiger charge is -2.10. The van der Waals surface area contributed by atoms with Crippen molar-refractivity contribution >= 4 is 55.0 Å². The van der Waals surface area contributed by atoms with Crippen LogP contribution in [0.5, 0.6) is 0 Å². The molecule has 0 aliphatic carbocycles. The quantitative estimate of drug-likeness (QED) is 0.216. The first-order chi connectivity index (χ1) is 19.0. The number of amides is 2. The molecule has 2 amide bonds. The third kappa shape index (κ3) is 4.81. The van der Waals surface area contributed by atoms with Crippen molar-refractivity contribution in [1.82, 2.24) is 24.5 Å². The van der Waals surface area contributed by atoms with E-state index in [1.54, 1.807) is 21.6 Å². The van der Waals surface area contributed by atoms with Gasteiger partial charge in [-0.25, -0.2) is 13.8 Å². The zero-order valence-electron chi connectivity index (χ0n) is 21.9. The van der Waals surface area contributed by atoms with E-state index >= 15 is 0 Å². The summed E-state index contributed by atoms with van der Waals surface area (Å²) in [5.41, 5.74) is 8.63. The van der Waals surface area contributed by atoms with E-state index in [9.17, 15) is 18.4 Å². The highest BCUT2D eigenvalue weighted by atomic mass is 79.9. The van der Waals surface area contributed by atoms with Crippen LogP contribution in [0.2, 0.25) is 0 Å². The molecule has 0 unspecified atom stereocenters. The number of primary amides is 1. The van der Waals surface area contributed by atoms with Crippen molar-refractivity contribution in [3.05, 3.63) is 68.0 Å². The Morgan fingerprint density at radius 3 is 2.52 bits per heavy atom. The van der Waals surface area contributed by atoms with Crippen LogP contribution in [0.15, 0.2) is 33.3 Å². The summed E-state index contributed by atoms with van der Waals surface area (Å²) in [7, 11) is 0. The number of hydrogen-bond donors (Lipinski definition) is 2. The monoisotopic (exact) mass is 631 g/mol. The summed E-state index contributed by atoms with van der Waals surface area (Å²) in [5.74, 6) is -1.01. The molecule has 0 spiro atoms. The van der Waals surface area contributed by atoms with Gasteiger partial charge in [0, 0.05) is 23.2 Å². The molecule has 0 aliphatic heterocycles. The Labute approximate surface area is 239 Å². The number of carbonyl (C=O) groups excluding carboxylic acids is 2. The number of nitrogens with zero attached hydrogens (tertiary/aromatic N) is 5. The molecule has 0 aliphatic rings. The molecule has 0 fully saturated rings. The number of halogens is 3. The number of furan rings is 1. The van der Waals surface area contributed by atoms with Gasteiger partial charge >= 0.3 is 0 Å². The van der Waals surface area contributed by atoms with Gasteiger partial charge in [0.05, 0.1) is 34.3 Å². The molecule has 5 heterocycles. The van der Waals surface area contributed by atoms with Crippen molar-refractivity contribution in [3.63, 3.8) is 0 Å². The number of carbonyl (C=O) groups is 2.